The van der Waals surface area contributed by atoms with E-state index in [0.717, 1.165) is 21.6 Å². The van der Waals surface area contributed by atoms with E-state index in [-0.39, 0.29) is 16.7 Å². The van der Waals surface area contributed by atoms with Crippen molar-refractivity contribution in [1.29, 1.82) is 0 Å². The second kappa shape index (κ2) is 8.39. The molecule has 162 valence electrons. The third kappa shape index (κ3) is 3.69. The Morgan fingerprint density at radius 2 is 1.62 bits per heavy atom. The number of nitrogens with one attached hydrogen (secondary N) is 1. The van der Waals surface area contributed by atoms with Crippen LogP contribution in [0.2, 0.25) is 0 Å². The first-order valence-corrected chi connectivity index (χ1v) is 10.7. The van der Waals surface area contributed by atoms with Crippen molar-refractivity contribution in [1.82, 2.24) is 4.90 Å². The van der Waals surface area contributed by atoms with E-state index in [1.807, 2.05) is 32.0 Å². The van der Waals surface area contributed by atoms with Crippen LogP contribution in [0.3, 0.4) is 0 Å². The van der Waals surface area contributed by atoms with Crippen LogP contribution in [-0.2, 0) is 9.53 Å². The number of hydrogen-bond donors (Lipinski definition) is 1. The number of nitrogens with zero attached hydrogens (tertiary/aromatic N) is 1. The van der Waals surface area contributed by atoms with Crippen LogP contribution >= 0.6 is 11.3 Å². The zero-order valence-electron chi connectivity index (χ0n) is 17.7. The first kappa shape index (κ1) is 21.5. The molecule has 8 heteroatoms. The van der Waals surface area contributed by atoms with Gasteiger partial charge in [-0.3, -0.25) is 19.3 Å². The summed E-state index contributed by atoms with van der Waals surface area (Å²) in [4.78, 5) is 51.3. The molecule has 0 saturated carbocycles. The molecular weight excluding hydrogens is 428 g/mol. The highest BCUT2D eigenvalue weighted by Gasteiger charge is 2.36. The van der Waals surface area contributed by atoms with Gasteiger partial charge in [0.05, 0.1) is 18.2 Å². The van der Waals surface area contributed by atoms with E-state index in [2.05, 4.69) is 5.32 Å². The van der Waals surface area contributed by atoms with Crippen LogP contribution in [0.1, 0.15) is 42.2 Å². The zero-order valence-corrected chi connectivity index (χ0v) is 18.5. The maximum Gasteiger partial charge on any atom is 0.341 e. The van der Waals surface area contributed by atoms with Crippen molar-refractivity contribution < 1.29 is 23.9 Å². The maximum absolute atomic E-state index is 12.7. The summed E-state index contributed by atoms with van der Waals surface area (Å²) in [7, 11) is 1.28. The van der Waals surface area contributed by atoms with Crippen LogP contribution in [0.25, 0.3) is 11.1 Å². The standard InChI is InChI=1S/C24H20N2O5S/c1-13-8-9-14(2)17(10-13)18-12-32-21(20(18)24(30)31-3)25-19(27)11-26-22(28)15-6-4-5-7-16(15)23(26)29/h4-10,12H,11H2,1-3H3,(H,25,27). The Morgan fingerprint density at radius 1 is 0.969 bits per heavy atom. The van der Waals surface area contributed by atoms with Gasteiger partial charge in [0, 0.05) is 10.9 Å². The first-order valence-electron chi connectivity index (χ1n) is 9.84. The van der Waals surface area contributed by atoms with Crippen molar-refractivity contribution in [3.8, 4) is 11.1 Å². The normalized spacial score (nSPS) is 12.7. The minimum atomic E-state index is -0.585. The van der Waals surface area contributed by atoms with Crippen LogP contribution in [0.15, 0.2) is 47.8 Å². The molecule has 1 aliphatic rings. The molecule has 0 fully saturated rings. The molecule has 0 atom stereocenters. The fraction of sp³-hybridized carbons (Fsp3) is 0.167. The number of hydrogen-bond acceptors (Lipinski definition) is 6. The fourth-order valence-electron chi connectivity index (χ4n) is 3.67. The molecule has 32 heavy (non-hydrogen) atoms. The lowest BCUT2D eigenvalue weighted by molar-refractivity contribution is -0.116. The third-order valence-electron chi connectivity index (χ3n) is 5.30. The Morgan fingerprint density at radius 3 is 2.25 bits per heavy atom. The number of carbonyl (C=O) groups excluding carboxylic acids is 4. The number of rotatable bonds is 5. The monoisotopic (exact) mass is 448 g/mol. The second-order valence-corrected chi connectivity index (χ2v) is 8.33. The topological polar surface area (TPSA) is 92.8 Å². The van der Waals surface area contributed by atoms with Crippen molar-refractivity contribution in [2.24, 2.45) is 0 Å². The smallest absolute Gasteiger partial charge is 0.341 e. The van der Waals surface area contributed by atoms with E-state index in [0.29, 0.717) is 10.6 Å². The van der Waals surface area contributed by atoms with Gasteiger partial charge >= 0.3 is 5.97 Å². The van der Waals surface area contributed by atoms with Crippen LogP contribution in [0.4, 0.5) is 5.00 Å². The number of ether oxygens (including phenoxy) is 1. The van der Waals surface area contributed by atoms with Gasteiger partial charge in [0.15, 0.2) is 0 Å². The van der Waals surface area contributed by atoms with Gasteiger partial charge in [-0.25, -0.2) is 4.79 Å². The number of thiophene rings is 1. The highest BCUT2D eigenvalue weighted by Crippen LogP contribution is 2.38. The first-order chi connectivity index (χ1) is 15.3. The molecule has 0 spiro atoms. The molecule has 1 aromatic heterocycles. The van der Waals surface area contributed by atoms with Gasteiger partial charge in [-0.1, -0.05) is 35.9 Å². The maximum atomic E-state index is 12.7. The summed E-state index contributed by atoms with van der Waals surface area (Å²) in [6.07, 6.45) is 0. The average molecular weight is 449 g/mol. The van der Waals surface area contributed by atoms with E-state index in [4.69, 9.17) is 4.74 Å². The van der Waals surface area contributed by atoms with Gasteiger partial charge in [0.2, 0.25) is 5.91 Å². The molecule has 0 unspecified atom stereocenters. The van der Waals surface area contributed by atoms with Crippen molar-refractivity contribution in [3.63, 3.8) is 0 Å². The average Bonchev–Trinajstić information content (AvgIpc) is 3.30. The summed E-state index contributed by atoms with van der Waals surface area (Å²) < 4.78 is 4.96. The Balaban J connectivity index is 1.61. The molecule has 3 amide bonds. The fourth-order valence-corrected chi connectivity index (χ4v) is 4.64. The van der Waals surface area contributed by atoms with Crippen LogP contribution < -0.4 is 5.32 Å². The van der Waals surface area contributed by atoms with Crippen molar-refractivity contribution in [2.75, 3.05) is 19.0 Å². The zero-order chi connectivity index (χ0) is 23.0. The SMILES string of the molecule is COC(=O)c1c(-c2cc(C)ccc2C)csc1NC(=O)CN1C(=O)c2ccccc2C1=O. The number of esters is 1. The molecule has 3 aromatic rings. The Labute approximate surface area is 188 Å². The van der Waals surface area contributed by atoms with Gasteiger partial charge in [-0.15, -0.1) is 11.3 Å². The lowest BCUT2D eigenvalue weighted by atomic mass is 9.97. The predicted octanol–water partition coefficient (Wildman–Crippen LogP) is 4.05. The minimum absolute atomic E-state index is 0.238. The third-order valence-corrected chi connectivity index (χ3v) is 6.19. The van der Waals surface area contributed by atoms with Crippen molar-refractivity contribution in [2.45, 2.75) is 13.8 Å². The van der Waals surface area contributed by atoms with Crippen LogP contribution in [0.5, 0.6) is 0 Å². The number of carbonyl (C=O) groups is 4. The summed E-state index contributed by atoms with van der Waals surface area (Å²) >= 11 is 1.18. The molecule has 0 radical (unpaired) electrons. The molecule has 0 bridgehead atoms. The van der Waals surface area contributed by atoms with Crippen LogP contribution in [0, 0.1) is 13.8 Å². The largest absolute Gasteiger partial charge is 0.465 e. The number of benzene rings is 2. The molecule has 2 heterocycles. The molecule has 0 saturated heterocycles. The number of aryl methyl sites for hydroxylation is 2. The van der Waals surface area contributed by atoms with Crippen molar-refractivity contribution in [3.05, 3.63) is 75.7 Å². The lowest BCUT2D eigenvalue weighted by Gasteiger charge is -2.14. The molecular formula is C24H20N2O5S. The summed E-state index contributed by atoms with van der Waals surface area (Å²) in [6, 6.07) is 12.3. The van der Waals surface area contributed by atoms with E-state index >= 15 is 0 Å². The van der Waals surface area contributed by atoms with Crippen LogP contribution in [-0.4, -0.2) is 42.2 Å². The Kier molecular flexibility index (Phi) is 5.63. The summed E-state index contributed by atoms with van der Waals surface area (Å²) in [6.45, 7) is 3.44. The predicted molar refractivity (Wildman–Crippen MR) is 121 cm³/mol. The van der Waals surface area contributed by atoms with Gasteiger partial charge in [0.1, 0.15) is 17.1 Å². The molecule has 1 aliphatic heterocycles. The summed E-state index contributed by atoms with van der Waals surface area (Å²) in [5.74, 6) is -2.20. The molecule has 4 rings (SSSR count). The number of methoxy groups -OCH3 is 1. The Bertz CT molecular complexity index is 1240. The van der Waals surface area contributed by atoms with E-state index in [1.165, 1.54) is 18.4 Å². The number of amides is 3. The Hall–Kier alpha value is -3.78. The summed E-state index contributed by atoms with van der Waals surface area (Å²) in [5, 5.41) is 4.76. The van der Waals surface area contributed by atoms with Gasteiger partial charge in [-0.05, 0) is 37.1 Å². The van der Waals surface area contributed by atoms with Gasteiger partial charge < -0.3 is 10.1 Å². The number of anilines is 1. The van der Waals surface area contributed by atoms with Gasteiger partial charge in [0.25, 0.3) is 11.8 Å². The van der Waals surface area contributed by atoms with E-state index < -0.39 is 30.2 Å². The summed E-state index contributed by atoms with van der Waals surface area (Å²) in [5.41, 5.74) is 4.30. The molecule has 1 N–H and O–H groups in total. The van der Waals surface area contributed by atoms with E-state index in [9.17, 15) is 19.2 Å². The quantitative estimate of drug-likeness (QED) is 0.470. The number of fused-ring (bicyclic) bond motifs is 1. The molecule has 0 aliphatic carbocycles. The lowest BCUT2D eigenvalue weighted by Crippen LogP contribution is -2.37. The molecule has 2 aromatic carbocycles. The second-order valence-electron chi connectivity index (χ2n) is 7.45. The molecule has 7 nitrogen and oxygen atoms in total. The van der Waals surface area contributed by atoms with Gasteiger partial charge in [-0.2, -0.15) is 0 Å². The number of imide groups is 1. The minimum Gasteiger partial charge on any atom is -0.465 e. The van der Waals surface area contributed by atoms with E-state index in [1.54, 1.807) is 29.6 Å². The van der Waals surface area contributed by atoms with Crippen molar-refractivity contribution >= 4 is 40.0 Å². The highest BCUT2D eigenvalue weighted by atomic mass is 32.1. The highest BCUT2D eigenvalue weighted by molar-refractivity contribution is 7.15.